The summed E-state index contributed by atoms with van der Waals surface area (Å²) in [6.07, 6.45) is 2.24. The summed E-state index contributed by atoms with van der Waals surface area (Å²) in [6.45, 7) is 11.8. The topological polar surface area (TPSA) is 8.29 Å². The first kappa shape index (κ1) is 17.9. The summed E-state index contributed by atoms with van der Waals surface area (Å²) in [6, 6.07) is 18.6. The van der Waals surface area contributed by atoms with E-state index in [0.717, 1.165) is 0 Å². The molecule has 0 aliphatic carbocycles. The first-order valence-electron chi connectivity index (χ1n) is 10.8. The van der Waals surface area contributed by atoms with Crippen molar-refractivity contribution in [3.05, 3.63) is 65.9 Å². The van der Waals surface area contributed by atoms with Gasteiger partial charge in [0.1, 0.15) is 12.6 Å². The Balaban J connectivity index is 2.02. The molecule has 0 bridgehead atoms. The molecule has 3 aromatic carbocycles. The molecule has 3 heterocycles. The van der Waals surface area contributed by atoms with Crippen LogP contribution in [-0.2, 0) is 7.05 Å². The lowest BCUT2D eigenvalue weighted by Crippen LogP contribution is -2.37. The quantitative estimate of drug-likeness (QED) is 0.137. The van der Waals surface area contributed by atoms with Gasteiger partial charge in [0.25, 0.3) is 0 Å². The maximum absolute atomic E-state index is 2.52. The van der Waals surface area contributed by atoms with Crippen LogP contribution in [0.1, 0.15) is 11.1 Å². The first-order chi connectivity index (χ1) is 14.3. The van der Waals surface area contributed by atoms with Crippen LogP contribution in [0.3, 0.4) is 0 Å². The number of nitrogens with zero attached hydrogens (tertiary/aromatic N) is 2. The Hall–Kier alpha value is -2.91. The SMILES string of the molecule is Cc1cc(C)c2c3c1cccc3n1c3ccc([Si](C)(C)C)cc3c3cc[n+](C)c2c31. The van der Waals surface area contributed by atoms with E-state index in [1.807, 2.05) is 0 Å². The van der Waals surface area contributed by atoms with Crippen molar-refractivity contribution in [3.63, 3.8) is 0 Å². The zero-order valence-electron chi connectivity index (χ0n) is 18.6. The fraction of sp³-hybridized carbons (Fsp3) is 0.222. The molecule has 6 rings (SSSR count). The molecule has 3 heteroatoms. The molecule has 0 amide bonds. The van der Waals surface area contributed by atoms with E-state index in [4.69, 9.17) is 0 Å². The monoisotopic (exact) mass is 407 g/mol. The van der Waals surface area contributed by atoms with Gasteiger partial charge in [0.05, 0.1) is 24.5 Å². The molecular formula is C27H27N2Si+. The lowest BCUT2D eigenvalue weighted by Gasteiger charge is -2.16. The average molecular weight is 408 g/mol. The van der Waals surface area contributed by atoms with E-state index < -0.39 is 8.07 Å². The van der Waals surface area contributed by atoms with Gasteiger partial charge in [-0.15, -0.1) is 0 Å². The van der Waals surface area contributed by atoms with Crippen LogP contribution in [0.4, 0.5) is 0 Å². The minimum Gasteiger partial charge on any atom is -0.303 e. The Morgan fingerprint density at radius 1 is 0.767 bits per heavy atom. The van der Waals surface area contributed by atoms with Crippen molar-refractivity contribution in [1.82, 2.24) is 4.40 Å². The third-order valence-corrected chi connectivity index (χ3v) is 8.98. The predicted octanol–water partition coefficient (Wildman–Crippen LogP) is 5.98. The molecule has 0 aliphatic rings. The van der Waals surface area contributed by atoms with Crippen LogP contribution in [0.25, 0.3) is 49.0 Å². The van der Waals surface area contributed by atoms with E-state index in [2.05, 4.69) is 104 Å². The van der Waals surface area contributed by atoms with Gasteiger partial charge in [0, 0.05) is 22.2 Å². The zero-order valence-corrected chi connectivity index (χ0v) is 19.6. The average Bonchev–Trinajstić information content (AvgIpc) is 3.03. The van der Waals surface area contributed by atoms with E-state index >= 15 is 0 Å². The van der Waals surface area contributed by atoms with Crippen LogP contribution in [-0.4, -0.2) is 12.5 Å². The molecule has 2 nitrogen and oxygen atoms in total. The zero-order chi connectivity index (χ0) is 20.9. The molecule has 0 radical (unpaired) electrons. The Kier molecular flexibility index (Phi) is 3.35. The van der Waals surface area contributed by atoms with E-state index in [1.165, 1.54) is 65.3 Å². The van der Waals surface area contributed by atoms with E-state index in [0.29, 0.717) is 0 Å². The molecule has 0 saturated carbocycles. The fourth-order valence-electron chi connectivity index (χ4n) is 5.45. The van der Waals surface area contributed by atoms with Crippen LogP contribution in [0.5, 0.6) is 0 Å². The van der Waals surface area contributed by atoms with Gasteiger partial charge in [-0.05, 0) is 42.5 Å². The molecule has 0 spiro atoms. The van der Waals surface area contributed by atoms with Crippen LogP contribution in [0.15, 0.2) is 54.7 Å². The van der Waals surface area contributed by atoms with Gasteiger partial charge in [0.15, 0.2) is 6.20 Å². The second-order valence-electron chi connectivity index (χ2n) is 9.94. The molecule has 0 saturated heterocycles. The van der Waals surface area contributed by atoms with Gasteiger partial charge in [-0.3, -0.25) is 0 Å². The Morgan fingerprint density at radius 2 is 1.57 bits per heavy atom. The second-order valence-corrected chi connectivity index (χ2v) is 15.0. The van der Waals surface area contributed by atoms with Gasteiger partial charge >= 0.3 is 0 Å². The highest BCUT2D eigenvalue weighted by Crippen LogP contribution is 2.40. The number of aryl methyl sites for hydroxylation is 3. The number of benzene rings is 3. The molecule has 0 unspecified atom stereocenters. The first-order valence-corrected chi connectivity index (χ1v) is 14.3. The van der Waals surface area contributed by atoms with Crippen molar-refractivity contribution >= 4 is 62.3 Å². The largest absolute Gasteiger partial charge is 0.303 e. The fourth-order valence-corrected chi connectivity index (χ4v) is 6.61. The van der Waals surface area contributed by atoms with Crippen LogP contribution in [0.2, 0.25) is 19.6 Å². The summed E-state index contributed by atoms with van der Waals surface area (Å²) in [5.74, 6) is 0. The van der Waals surface area contributed by atoms with Crippen molar-refractivity contribution in [2.75, 3.05) is 0 Å². The maximum Gasteiger partial charge on any atom is 0.238 e. The van der Waals surface area contributed by atoms with E-state index in [9.17, 15) is 0 Å². The second kappa shape index (κ2) is 5.61. The number of rotatable bonds is 1. The molecular weight excluding hydrogens is 380 g/mol. The Bertz CT molecular complexity index is 1650. The summed E-state index contributed by atoms with van der Waals surface area (Å²) in [5.41, 5.74) is 8.01. The molecule has 0 fully saturated rings. The van der Waals surface area contributed by atoms with Crippen molar-refractivity contribution in [2.24, 2.45) is 7.05 Å². The number of hydrogen-bond donors (Lipinski definition) is 0. The highest BCUT2D eigenvalue weighted by Gasteiger charge is 2.25. The number of pyridine rings is 2. The lowest BCUT2D eigenvalue weighted by molar-refractivity contribution is -0.644. The van der Waals surface area contributed by atoms with Gasteiger partial charge < -0.3 is 4.40 Å². The summed E-state index contributed by atoms with van der Waals surface area (Å²) in [7, 11) is 0.793. The molecule has 30 heavy (non-hydrogen) atoms. The predicted molar refractivity (Wildman–Crippen MR) is 132 cm³/mol. The summed E-state index contributed by atoms with van der Waals surface area (Å²) < 4.78 is 4.83. The minimum absolute atomic E-state index is 1.31. The molecule has 0 atom stereocenters. The summed E-state index contributed by atoms with van der Waals surface area (Å²) in [4.78, 5) is 0. The van der Waals surface area contributed by atoms with Gasteiger partial charge in [0.2, 0.25) is 5.52 Å². The summed E-state index contributed by atoms with van der Waals surface area (Å²) in [5, 5.41) is 8.39. The number of fused-ring (bicyclic) bond motifs is 5. The van der Waals surface area contributed by atoms with Crippen LogP contribution in [0, 0.1) is 13.8 Å². The van der Waals surface area contributed by atoms with Crippen LogP contribution >= 0.6 is 0 Å². The van der Waals surface area contributed by atoms with Crippen LogP contribution < -0.4 is 9.75 Å². The normalized spacial score (nSPS) is 13.0. The summed E-state index contributed by atoms with van der Waals surface area (Å²) >= 11 is 0. The highest BCUT2D eigenvalue weighted by atomic mass is 28.3. The molecule has 3 aromatic heterocycles. The number of aromatic nitrogens is 2. The molecule has 6 aromatic rings. The van der Waals surface area contributed by atoms with Gasteiger partial charge in [-0.1, -0.05) is 55.2 Å². The third kappa shape index (κ3) is 2.11. The van der Waals surface area contributed by atoms with E-state index in [-0.39, 0.29) is 0 Å². The van der Waals surface area contributed by atoms with E-state index in [1.54, 1.807) is 0 Å². The third-order valence-electron chi connectivity index (χ3n) is 6.94. The Morgan fingerprint density at radius 3 is 2.33 bits per heavy atom. The highest BCUT2D eigenvalue weighted by molar-refractivity contribution is 6.88. The van der Waals surface area contributed by atoms with Gasteiger partial charge in [-0.25, -0.2) is 0 Å². The molecule has 0 aliphatic heterocycles. The molecule has 0 N–H and O–H groups in total. The smallest absolute Gasteiger partial charge is 0.238 e. The standard InChI is InChI=1S/C27H27N2Si/c1-16-14-17(2)24-25-19(16)8-7-9-23(25)29-22-11-10-18(30(4,5)6)15-21(22)20-12-13-28(3)27(24)26(20)29/h7-15H,1-6H3/q+1. The lowest BCUT2D eigenvalue weighted by atomic mass is 9.95. The minimum atomic E-state index is -1.39. The Labute approximate surface area is 177 Å². The molecule has 148 valence electrons. The van der Waals surface area contributed by atoms with Crippen molar-refractivity contribution in [3.8, 4) is 0 Å². The maximum atomic E-state index is 2.52. The van der Waals surface area contributed by atoms with Gasteiger partial charge in [-0.2, -0.15) is 4.57 Å². The van der Waals surface area contributed by atoms with Crippen molar-refractivity contribution in [1.29, 1.82) is 0 Å². The van der Waals surface area contributed by atoms with Crippen molar-refractivity contribution in [2.45, 2.75) is 33.5 Å². The number of hydrogen-bond acceptors (Lipinski definition) is 0. The van der Waals surface area contributed by atoms with Crippen molar-refractivity contribution < 1.29 is 4.57 Å².